The van der Waals surface area contributed by atoms with Gasteiger partial charge in [0, 0.05) is 31.3 Å². The van der Waals surface area contributed by atoms with Crippen molar-refractivity contribution in [2.75, 3.05) is 33.4 Å². The van der Waals surface area contributed by atoms with Gasteiger partial charge in [0.25, 0.3) is 5.91 Å². The molecule has 1 N–H and O–H groups in total. The highest BCUT2D eigenvalue weighted by molar-refractivity contribution is 9.10. The van der Waals surface area contributed by atoms with E-state index in [1.165, 1.54) is 0 Å². The van der Waals surface area contributed by atoms with Crippen molar-refractivity contribution in [2.45, 2.75) is 6.42 Å². The molecule has 0 atom stereocenters. The second kappa shape index (κ2) is 8.24. The minimum Gasteiger partial charge on any atom is -0.395 e. The Balaban J connectivity index is 2.73. The lowest BCUT2D eigenvalue weighted by Gasteiger charge is -2.22. The van der Waals surface area contributed by atoms with E-state index >= 15 is 0 Å². The first kappa shape index (κ1) is 15.1. The van der Waals surface area contributed by atoms with Crippen LogP contribution in [-0.4, -0.2) is 49.3 Å². The SMILES string of the molecule is COCCCN(CCO)C(=O)c1ccccc1Br. The first-order valence-electron chi connectivity index (χ1n) is 5.84. The molecular formula is C13H18BrNO3. The van der Waals surface area contributed by atoms with Gasteiger partial charge in [-0.2, -0.15) is 0 Å². The van der Waals surface area contributed by atoms with Crippen molar-refractivity contribution in [1.82, 2.24) is 4.90 Å². The van der Waals surface area contributed by atoms with Gasteiger partial charge in [-0.25, -0.2) is 0 Å². The maximum Gasteiger partial charge on any atom is 0.255 e. The smallest absolute Gasteiger partial charge is 0.255 e. The average molecular weight is 316 g/mol. The number of benzene rings is 1. The Hall–Kier alpha value is -0.910. The van der Waals surface area contributed by atoms with Crippen LogP contribution >= 0.6 is 15.9 Å². The number of halogens is 1. The summed E-state index contributed by atoms with van der Waals surface area (Å²) < 4.78 is 5.74. The van der Waals surface area contributed by atoms with E-state index in [1.807, 2.05) is 18.2 Å². The minimum atomic E-state index is -0.0763. The standard InChI is InChI=1S/C13H18BrNO3/c1-18-10-4-7-15(8-9-16)13(17)11-5-2-3-6-12(11)14/h2-3,5-6,16H,4,7-10H2,1H3. The van der Waals surface area contributed by atoms with Gasteiger partial charge in [-0.3, -0.25) is 4.79 Å². The van der Waals surface area contributed by atoms with Crippen LogP contribution in [0.2, 0.25) is 0 Å². The summed E-state index contributed by atoms with van der Waals surface area (Å²) in [6.45, 7) is 1.48. The van der Waals surface area contributed by atoms with Gasteiger partial charge in [0.05, 0.1) is 12.2 Å². The fourth-order valence-corrected chi connectivity index (χ4v) is 2.09. The van der Waals surface area contributed by atoms with Crippen molar-refractivity contribution < 1.29 is 14.6 Å². The van der Waals surface area contributed by atoms with Crippen molar-refractivity contribution in [3.63, 3.8) is 0 Å². The van der Waals surface area contributed by atoms with Crippen LogP contribution in [0, 0.1) is 0 Å². The summed E-state index contributed by atoms with van der Waals surface area (Å²) in [7, 11) is 1.63. The largest absolute Gasteiger partial charge is 0.395 e. The molecule has 0 aromatic heterocycles. The van der Waals surface area contributed by atoms with E-state index in [2.05, 4.69) is 15.9 Å². The fourth-order valence-electron chi connectivity index (χ4n) is 1.64. The van der Waals surface area contributed by atoms with Crippen molar-refractivity contribution in [1.29, 1.82) is 0 Å². The van der Waals surface area contributed by atoms with E-state index in [1.54, 1.807) is 18.1 Å². The maximum atomic E-state index is 12.3. The van der Waals surface area contributed by atoms with Crippen LogP contribution in [0.25, 0.3) is 0 Å². The maximum absolute atomic E-state index is 12.3. The zero-order valence-electron chi connectivity index (χ0n) is 10.4. The highest BCUT2D eigenvalue weighted by atomic mass is 79.9. The minimum absolute atomic E-state index is 0.0385. The molecule has 1 aromatic rings. The Morgan fingerprint density at radius 3 is 2.72 bits per heavy atom. The van der Waals surface area contributed by atoms with Crippen molar-refractivity contribution in [3.05, 3.63) is 34.3 Å². The number of nitrogens with zero attached hydrogens (tertiary/aromatic N) is 1. The highest BCUT2D eigenvalue weighted by Crippen LogP contribution is 2.17. The second-order valence-electron chi connectivity index (χ2n) is 3.84. The van der Waals surface area contributed by atoms with Gasteiger partial charge < -0.3 is 14.7 Å². The summed E-state index contributed by atoms with van der Waals surface area (Å²) in [6, 6.07) is 7.29. The number of aliphatic hydroxyl groups is 1. The van der Waals surface area contributed by atoms with E-state index in [0.717, 1.165) is 10.9 Å². The zero-order chi connectivity index (χ0) is 13.4. The first-order chi connectivity index (χ1) is 8.70. The quantitative estimate of drug-likeness (QED) is 0.782. The molecule has 1 aromatic carbocycles. The molecule has 0 fully saturated rings. The molecule has 0 saturated heterocycles. The molecule has 0 bridgehead atoms. The third kappa shape index (κ3) is 4.40. The Labute approximate surface area is 116 Å². The number of methoxy groups -OCH3 is 1. The number of amides is 1. The molecule has 0 radical (unpaired) electrons. The normalized spacial score (nSPS) is 10.4. The molecule has 0 saturated carbocycles. The van der Waals surface area contributed by atoms with Crippen LogP contribution in [0.15, 0.2) is 28.7 Å². The number of hydrogen-bond acceptors (Lipinski definition) is 3. The van der Waals surface area contributed by atoms with Crippen LogP contribution < -0.4 is 0 Å². The Kier molecular flexibility index (Phi) is 6.93. The molecule has 4 nitrogen and oxygen atoms in total. The summed E-state index contributed by atoms with van der Waals surface area (Å²) in [5.74, 6) is -0.0763. The lowest BCUT2D eigenvalue weighted by Crippen LogP contribution is -2.35. The summed E-state index contributed by atoms with van der Waals surface area (Å²) in [5.41, 5.74) is 0.614. The molecule has 100 valence electrons. The van der Waals surface area contributed by atoms with Gasteiger partial charge >= 0.3 is 0 Å². The van der Waals surface area contributed by atoms with Gasteiger partial charge in [0.1, 0.15) is 0 Å². The number of rotatable bonds is 7. The number of carbonyl (C=O) groups excluding carboxylic acids is 1. The third-order valence-corrected chi connectivity index (χ3v) is 3.23. The third-order valence-electron chi connectivity index (χ3n) is 2.54. The molecule has 0 heterocycles. The van der Waals surface area contributed by atoms with Crippen LogP contribution in [0.3, 0.4) is 0 Å². The van der Waals surface area contributed by atoms with E-state index in [-0.39, 0.29) is 12.5 Å². The Bertz CT molecular complexity index is 384. The molecule has 1 amide bonds. The lowest BCUT2D eigenvalue weighted by molar-refractivity contribution is 0.0700. The lowest BCUT2D eigenvalue weighted by atomic mass is 10.2. The van der Waals surface area contributed by atoms with Crippen LogP contribution in [0.4, 0.5) is 0 Å². The van der Waals surface area contributed by atoms with Crippen molar-refractivity contribution >= 4 is 21.8 Å². The summed E-state index contributed by atoms with van der Waals surface area (Å²) in [6.07, 6.45) is 0.757. The summed E-state index contributed by atoms with van der Waals surface area (Å²) in [5, 5.41) is 9.02. The summed E-state index contributed by atoms with van der Waals surface area (Å²) >= 11 is 3.36. The molecule has 5 heteroatoms. The van der Waals surface area contributed by atoms with Crippen molar-refractivity contribution in [3.8, 4) is 0 Å². The highest BCUT2D eigenvalue weighted by Gasteiger charge is 2.16. The molecular weight excluding hydrogens is 298 g/mol. The first-order valence-corrected chi connectivity index (χ1v) is 6.63. The van der Waals surface area contributed by atoms with E-state index in [0.29, 0.717) is 25.3 Å². The van der Waals surface area contributed by atoms with Crippen LogP contribution in [0.1, 0.15) is 16.8 Å². The molecule has 0 unspecified atom stereocenters. The Morgan fingerprint density at radius 2 is 2.11 bits per heavy atom. The van der Waals surface area contributed by atoms with Crippen LogP contribution in [-0.2, 0) is 4.74 Å². The van der Waals surface area contributed by atoms with Gasteiger partial charge in [-0.15, -0.1) is 0 Å². The van der Waals surface area contributed by atoms with Crippen LogP contribution in [0.5, 0.6) is 0 Å². The monoisotopic (exact) mass is 315 g/mol. The van der Waals surface area contributed by atoms with Crippen molar-refractivity contribution in [2.24, 2.45) is 0 Å². The molecule has 1 rings (SSSR count). The number of aliphatic hydroxyl groups excluding tert-OH is 1. The van der Waals surface area contributed by atoms with Gasteiger partial charge in [-0.1, -0.05) is 12.1 Å². The second-order valence-corrected chi connectivity index (χ2v) is 4.70. The Morgan fingerprint density at radius 1 is 1.39 bits per heavy atom. The number of carbonyl (C=O) groups is 1. The van der Waals surface area contributed by atoms with Gasteiger partial charge in [0.2, 0.25) is 0 Å². The fraction of sp³-hybridized carbons (Fsp3) is 0.462. The molecule has 18 heavy (non-hydrogen) atoms. The predicted molar refractivity (Wildman–Crippen MR) is 73.6 cm³/mol. The number of ether oxygens (including phenoxy) is 1. The average Bonchev–Trinajstić information content (AvgIpc) is 2.38. The molecule has 0 aliphatic heterocycles. The molecule has 0 aliphatic carbocycles. The van der Waals surface area contributed by atoms with E-state index in [9.17, 15) is 4.79 Å². The molecule has 0 spiro atoms. The van der Waals surface area contributed by atoms with E-state index in [4.69, 9.17) is 9.84 Å². The van der Waals surface area contributed by atoms with Gasteiger partial charge in [0.15, 0.2) is 0 Å². The predicted octanol–water partition coefficient (Wildman–Crippen LogP) is 1.92. The topological polar surface area (TPSA) is 49.8 Å². The van der Waals surface area contributed by atoms with E-state index < -0.39 is 0 Å². The number of hydrogen-bond donors (Lipinski definition) is 1. The zero-order valence-corrected chi connectivity index (χ0v) is 12.0. The molecule has 0 aliphatic rings. The van der Waals surface area contributed by atoms with Gasteiger partial charge in [-0.05, 0) is 34.5 Å². The summed E-state index contributed by atoms with van der Waals surface area (Å²) in [4.78, 5) is 13.9.